The number of amides is 4. The summed E-state index contributed by atoms with van der Waals surface area (Å²) < 4.78 is 0. The molecule has 1 aromatic rings. The second-order valence-corrected chi connectivity index (χ2v) is 4.64. The summed E-state index contributed by atoms with van der Waals surface area (Å²) >= 11 is 5.94. The fraction of sp³-hybridized carbons (Fsp3) is 0.250. The van der Waals surface area contributed by atoms with Crippen LogP contribution in [0.4, 0.5) is 10.5 Å². The Morgan fingerprint density at radius 3 is 2.74 bits per heavy atom. The molecule has 19 heavy (non-hydrogen) atoms. The average Bonchev–Trinajstić information content (AvgIpc) is 2.62. The van der Waals surface area contributed by atoms with Gasteiger partial charge in [0.1, 0.15) is 6.04 Å². The van der Waals surface area contributed by atoms with E-state index >= 15 is 0 Å². The number of benzene rings is 1. The van der Waals surface area contributed by atoms with E-state index < -0.39 is 18.0 Å². The van der Waals surface area contributed by atoms with Gasteiger partial charge in [0.2, 0.25) is 5.91 Å². The van der Waals surface area contributed by atoms with Crippen molar-refractivity contribution in [2.75, 3.05) is 5.32 Å². The Labute approximate surface area is 114 Å². The van der Waals surface area contributed by atoms with Gasteiger partial charge in [-0.25, -0.2) is 4.79 Å². The van der Waals surface area contributed by atoms with Crippen molar-refractivity contribution in [3.8, 4) is 0 Å². The smallest absolute Gasteiger partial charge is 0.322 e. The third-order valence-corrected chi connectivity index (χ3v) is 3.11. The molecule has 1 atom stereocenters. The zero-order valence-corrected chi connectivity index (χ0v) is 10.9. The maximum atomic E-state index is 11.7. The van der Waals surface area contributed by atoms with Crippen LogP contribution in [-0.2, 0) is 9.59 Å². The van der Waals surface area contributed by atoms with Gasteiger partial charge in [-0.05, 0) is 24.6 Å². The number of hydrogen-bond acceptors (Lipinski definition) is 3. The second-order valence-electron chi connectivity index (χ2n) is 4.23. The Bertz CT molecular complexity index is 559. The van der Waals surface area contributed by atoms with Crippen LogP contribution in [-0.4, -0.2) is 23.9 Å². The van der Waals surface area contributed by atoms with E-state index in [1.54, 1.807) is 18.2 Å². The fourth-order valence-electron chi connectivity index (χ4n) is 1.67. The molecule has 1 aliphatic heterocycles. The number of carbonyl (C=O) groups is 3. The first-order chi connectivity index (χ1) is 8.95. The summed E-state index contributed by atoms with van der Waals surface area (Å²) in [4.78, 5) is 33.9. The van der Waals surface area contributed by atoms with Crippen LogP contribution in [0.25, 0.3) is 0 Å². The van der Waals surface area contributed by atoms with Gasteiger partial charge in [-0.3, -0.25) is 14.9 Å². The fourth-order valence-corrected chi connectivity index (χ4v) is 1.85. The van der Waals surface area contributed by atoms with Gasteiger partial charge in [0.15, 0.2) is 0 Å². The molecule has 1 fully saturated rings. The van der Waals surface area contributed by atoms with Crippen molar-refractivity contribution < 1.29 is 14.4 Å². The van der Waals surface area contributed by atoms with Gasteiger partial charge in [0, 0.05) is 10.7 Å². The largest absolute Gasteiger partial charge is 0.326 e. The number of halogens is 1. The normalized spacial score (nSPS) is 17.9. The number of urea groups is 1. The third-order valence-electron chi connectivity index (χ3n) is 2.70. The summed E-state index contributed by atoms with van der Waals surface area (Å²) in [5.74, 6) is -0.871. The molecule has 4 amide bonds. The van der Waals surface area contributed by atoms with Crippen LogP contribution >= 0.6 is 11.6 Å². The number of hydrogen-bond donors (Lipinski definition) is 3. The van der Waals surface area contributed by atoms with Crippen molar-refractivity contribution >= 4 is 35.1 Å². The molecule has 0 spiro atoms. The molecule has 1 unspecified atom stereocenters. The summed E-state index contributed by atoms with van der Waals surface area (Å²) in [5.41, 5.74) is 1.45. The van der Waals surface area contributed by atoms with E-state index in [2.05, 4.69) is 16.0 Å². The zero-order valence-electron chi connectivity index (χ0n) is 10.1. The van der Waals surface area contributed by atoms with Crippen molar-refractivity contribution in [2.45, 2.75) is 19.4 Å². The monoisotopic (exact) mass is 281 g/mol. The Kier molecular flexibility index (Phi) is 3.71. The van der Waals surface area contributed by atoms with Gasteiger partial charge < -0.3 is 10.6 Å². The number of nitrogens with one attached hydrogen (secondary N) is 3. The number of rotatable bonds is 3. The number of imide groups is 1. The lowest BCUT2D eigenvalue weighted by atomic mass is 10.2. The van der Waals surface area contributed by atoms with Gasteiger partial charge in [-0.1, -0.05) is 17.7 Å². The molecule has 0 bridgehead atoms. The predicted octanol–water partition coefficient (Wildman–Crippen LogP) is 1.19. The molecular formula is C12H12ClN3O3. The third kappa shape index (κ3) is 3.23. The summed E-state index contributed by atoms with van der Waals surface area (Å²) in [5, 5.41) is 7.58. The van der Waals surface area contributed by atoms with Gasteiger partial charge in [0.25, 0.3) is 5.91 Å². The number of anilines is 1. The molecule has 0 aromatic heterocycles. The Balaban J connectivity index is 1.96. The Hall–Kier alpha value is -2.08. The van der Waals surface area contributed by atoms with E-state index in [0.29, 0.717) is 10.7 Å². The van der Waals surface area contributed by atoms with Gasteiger partial charge in [-0.15, -0.1) is 0 Å². The highest BCUT2D eigenvalue weighted by molar-refractivity contribution is 6.31. The van der Waals surface area contributed by atoms with Crippen LogP contribution in [0.3, 0.4) is 0 Å². The molecule has 1 saturated heterocycles. The minimum absolute atomic E-state index is 0.122. The molecule has 0 saturated carbocycles. The van der Waals surface area contributed by atoms with Crippen molar-refractivity contribution in [1.82, 2.24) is 10.6 Å². The highest BCUT2D eigenvalue weighted by Crippen LogP contribution is 2.20. The summed E-state index contributed by atoms with van der Waals surface area (Å²) in [6.45, 7) is 1.85. The van der Waals surface area contributed by atoms with Crippen LogP contribution in [0.2, 0.25) is 5.02 Å². The van der Waals surface area contributed by atoms with Crippen LogP contribution < -0.4 is 16.0 Å². The Morgan fingerprint density at radius 1 is 1.42 bits per heavy atom. The standard InChI is InChI=1S/C12H12ClN3O3/c1-6-2-3-7(4-8(6)13)14-10(17)5-9-11(18)16-12(19)15-9/h2-4,9H,5H2,1H3,(H,14,17)(H2,15,16,18,19). The lowest BCUT2D eigenvalue weighted by Gasteiger charge is -2.09. The van der Waals surface area contributed by atoms with E-state index in [0.717, 1.165) is 5.56 Å². The summed E-state index contributed by atoms with van der Waals surface area (Å²) in [7, 11) is 0. The molecule has 1 aromatic carbocycles. The van der Waals surface area contributed by atoms with E-state index in [9.17, 15) is 14.4 Å². The molecule has 1 aliphatic rings. The molecule has 3 N–H and O–H groups in total. The highest BCUT2D eigenvalue weighted by atomic mass is 35.5. The predicted molar refractivity (Wildman–Crippen MR) is 69.9 cm³/mol. The van der Waals surface area contributed by atoms with Gasteiger partial charge in [0.05, 0.1) is 6.42 Å². The van der Waals surface area contributed by atoms with Crippen LogP contribution in [0.15, 0.2) is 18.2 Å². The maximum absolute atomic E-state index is 11.7. The van der Waals surface area contributed by atoms with Crippen LogP contribution in [0.1, 0.15) is 12.0 Å². The van der Waals surface area contributed by atoms with Crippen molar-refractivity contribution in [1.29, 1.82) is 0 Å². The SMILES string of the molecule is Cc1ccc(NC(=O)CC2NC(=O)NC2=O)cc1Cl. The summed E-state index contributed by atoms with van der Waals surface area (Å²) in [6, 6.07) is 3.71. The first-order valence-corrected chi connectivity index (χ1v) is 6.01. The highest BCUT2D eigenvalue weighted by Gasteiger charge is 2.31. The lowest BCUT2D eigenvalue weighted by molar-refractivity contribution is -0.124. The molecular weight excluding hydrogens is 270 g/mol. The summed E-state index contributed by atoms with van der Waals surface area (Å²) in [6.07, 6.45) is -0.122. The van der Waals surface area contributed by atoms with E-state index in [1.807, 2.05) is 6.92 Å². The number of aryl methyl sites for hydroxylation is 1. The Morgan fingerprint density at radius 2 is 2.16 bits per heavy atom. The average molecular weight is 282 g/mol. The minimum atomic E-state index is -0.826. The minimum Gasteiger partial charge on any atom is -0.326 e. The molecule has 1 heterocycles. The van der Waals surface area contributed by atoms with Crippen molar-refractivity contribution in [3.63, 3.8) is 0 Å². The molecule has 0 aliphatic carbocycles. The van der Waals surface area contributed by atoms with Crippen LogP contribution in [0.5, 0.6) is 0 Å². The van der Waals surface area contributed by atoms with Gasteiger partial charge >= 0.3 is 6.03 Å². The zero-order chi connectivity index (χ0) is 14.0. The maximum Gasteiger partial charge on any atom is 0.322 e. The molecule has 7 heteroatoms. The quantitative estimate of drug-likeness (QED) is 0.727. The molecule has 6 nitrogen and oxygen atoms in total. The van der Waals surface area contributed by atoms with Crippen molar-refractivity contribution in [3.05, 3.63) is 28.8 Å². The topological polar surface area (TPSA) is 87.3 Å². The number of carbonyl (C=O) groups excluding carboxylic acids is 3. The second kappa shape index (κ2) is 5.27. The van der Waals surface area contributed by atoms with Crippen molar-refractivity contribution in [2.24, 2.45) is 0 Å². The molecule has 0 radical (unpaired) electrons. The van der Waals surface area contributed by atoms with Gasteiger partial charge in [-0.2, -0.15) is 0 Å². The molecule has 100 valence electrons. The first-order valence-electron chi connectivity index (χ1n) is 5.63. The molecule has 2 rings (SSSR count). The van der Waals surface area contributed by atoms with E-state index in [-0.39, 0.29) is 12.3 Å². The van der Waals surface area contributed by atoms with E-state index in [4.69, 9.17) is 11.6 Å². The van der Waals surface area contributed by atoms with E-state index in [1.165, 1.54) is 0 Å². The lowest BCUT2D eigenvalue weighted by Crippen LogP contribution is -2.33. The van der Waals surface area contributed by atoms with Crippen LogP contribution in [0, 0.1) is 6.92 Å². The first kappa shape index (κ1) is 13.4.